The second kappa shape index (κ2) is 6.23. The van der Waals surface area contributed by atoms with E-state index in [2.05, 4.69) is 10.4 Å². The third-order valence-corrected chi connectivity index (χ3v) is 3.54. The van der Waals surface area contributed by atoms with E-state index < -0.39 is 11.7 Å². The third kappa shape index (κ3) is 3.79. The first-order valence-corrected chi connectivity index (χ1v) is 6.62. The fourth-order valence-corrected chi connectivity index (χ4v) is 2.56. The molecule has 0 saturated heterocycles. The lowest BCUT2D eigenvalue weighted by Crippen LogP contribution is -2.12. The molecule has 1 aromatic carbocycles. The minimum absolute atomic E-state index is 0.0535. The number of nitrogen functional groups attached to an aromatic ring is 1. The Kier molecular flexibility index (Phi) is 4.59. The smallest absolute Gasteiger partial charge is 0.416 e. The van der Waals surface area contributed by atoms with Crippen LogP contribution in [0.3, 0.4) is 0 Å². The maximum absolute atomic E-state index is 12.8. The minimum Gasteiger partial charge on any atom is -0.496 e. The molecule has 1 aromatic heterocycles. The quantitative estimate of drug-likeness (QED) is 0.667. The maximum atomic E-state index is 12.8. The predicted molar refractivity (Wildman–Crippen MR) is 74.2 cm³/mol. The highest BCUT2D eigenvalue weighted by Gasteiger charge is 2.31. The van der Waals surface area contributed by atoms with Crippen LogP contribution in [0.4, 0.5) is 19.0 Å². The molecule has 8 heteroatoms. The van der Waals surface area contributed by atoms with Gasteiger partial charge in [-0.2, -0.15) is 13.2 Å². The van der Waals surface area contributed by atoms with Gasteiger partial charge in [-0.15, -0.1) is 0 Å². The van der Waals surface area contributed by atoms with Gasteiger partial charge in [-0.1, -0.05) is 23.9 Å². The van der Waals surface area contributed by atoms with Crippen molar-refractivity contribution >= 4 is 17.6 Å². The Labute approximate surface area is 123 Å². The number of benzene rings is 1. The van der Waals surface area contributed by atoms with Crippen LogP contribution >= 0.6 is 11.8 Å². The fraction of sp³-hybridized carbons (Fsp3) is 0.154. The van der Waals surface area contributed by atoms with Gasteiger partial charge in [0, 0.05) is 0 Å². The summed E-state index contributed by atoms with van der Waals surface area (Å²) in [4.78, 5) is 4.67. The number of alkyl halides is 3. The lowest BCUT2D eigenvalue weighted by atomic mass is 10.2. The standard InChI is InChI=1S/C13H12F3N3OS/c1-20-9-4-2-3-5-10(9)21-12-7-8(13(14,15)16)6-11(18-12)19-17/h2-7H,17H2,1H3,(H,18,19). The van der Waals surface area contributed by atoms with Crippen LogP contribution in [0.1, 0.15) is 5.56 Å². The second-order valence-corrected chi connectivity index (χ2v) is 5.04. The van der Waals surface area contributed by atoms with E-state index in [0.29, 0.717) is 10.6 Å². The number of hydrogen-bond donors (Lipinski definition) is 2. The summed E-state index contributed by atoms with van der Waals surface area (Å²) < 4.78 is 43.7. The number of ether oxygens (including phenoxy) is 1. The molecule has 112 valence electrons. The van der Waals surface area contributed by atoms with Crippen molar-refractivity contribution in [1.82, 2.24) is 4.98 Å². The molecule has 3 N–H and O–H groups in total. The molecule has 0 amide bonds. The molecule has 0 unspecified atom stereocenters. The second-order valence-electron chi connectivity index (χ2n) is 3.97. The van der Waals surface area contributed by atoms with Gasteiger partial charge in [-0.25, -0.2) is 10.8 Å². The highest BCUT2D eigenvalue weighted by molar-refractivity contribution is 7.99. The molecule has 0 aliphatic heterocycles. The average molecular weight is 315 g/mol. The number of pyridine rings is 1. The third-order valence-electron chi connectivity index (χ3n) is 2.56. The van der Waals surface area contributed by atoms with Crippen LogP contribution in [0.2, 0.25) is 0 Å². The van der Waals surface area contributed by atoms with Crippen molar-refractivity contribution in [3.63, 3.8) is 0 Å². The Balaban J connectivity index is 2.39. The van der Waals surface area contributed by atoms with Crippen molar-refractivity contribution in [2.24, 2.45) is 5.84 Å². The van der Waals surface area contributed by atoms with Gasteiger partial charge in [-0.05, 0) is 24.3 Å². The number of methoxy groups -OCH3 is 1. The number of nitrogens with two attached hydrogens (primary N) is 1. The number of para-hydroxylation sites is 1. The van der Waals surface area contributed by atoms with Crippen molar-refractivity contribution in [2.45, 2.75) is 16.1 Å². The monoisotopic (exact) mass is 315 g/mol. The van der Waals surface area contributed by atoms with Gasteiger partial charge in [0.2, 0.25) is 0 Å². The van der Waals surface area contributed by atoms with Crippen LogP contribution in [0.5, 0.6) is 5.75 Å². The lowest BCUT2D eigenvalue weighted by molar-refractivity contribution is -0.137. The van der Waals surface area contributed by atoms with Gasteiger partial charge >= 0.3 is 6.18 Å². The summed E-state index contributed by atoms with van der Waals surface area (Å²) in [6.45, 7) is 0. The zero-order valence-corrected chi connectivity index (χ0v) is 11.8. The van der Waals surface area contributed by atoms with Crippen molar-refractivity contribution in [3.05, 3.63) is 42.0 Å². The number of hydrazine groups is 1. The molecule has 2 rings (SSSR count). The van der Waals surface area contributed by atoms with Crippen LogP contribution in [-0.2, 0) is 6.18 Å². The van der Waals surface area contributed by atoms with Gasteiger partial charge in [0.15, 0.2) is 0 Å². The Morgan fingerprint density at radius 1 is 1.24 bits per heavy atom. The lowest BCUT2D eigenvalue weighted by Gasteiger charge is -2.12. The molecule has 0 spiro atoms. The molecule has 21 heavy (non-hydrogen) atoms. The van der Waals surface area contributed by atoms with E-state index in [4.69, 9.17) is 10.6 Å². The number of anilines is 1. The molecule has 0 aliphatic carbocycles. The average Bonchev–Trinajstić information content (AvgIpc) is 2.46. The number of nitrogens with zero attached hydrogens (tertiary/aromatic N) is 1. The highest BCUT2D eigenvalue weighted by atomic mass is 32.2. The highest BCUT2D eigenvalue weighted by Crippen LogP contribution is 2.37. The maximum Gasteiger partial charge on any atom is 0.416 e. The molecule has 1 heterocycles. The van der Waals surface area contributed by atoms with Crippen molar-refractivity contribution in [1.29, 1.82) is 0 Å². The summed E-state index contributed by atoms with van der Waals surface area (Å²) in [6.07, 6.45) is -4.47. The summed E-state index contributed by atoms with van der Waals surface area (Å²) >= 11 is 1.07. The Hall–Kier alpha value is -1.93. The molecule has 0 saturated carbocycles. The molecule has 0 atom stereocenters. The molecule has 0 bridgehead atoms. The summed E-state index contributed by atoms with van der Waals surface area (Å²) in [5.41, 5.74) is 1.32. The van der Waals surface area contributed by atoms with Crippen LogP contribution in [0.15, 0.2) is 46.3 Å². The van der Waals surface area contributed by atoms with Gasteiger partial charge in [0.05, 0.1) is 17.6 Å². The molecule has 0 fully saturated rings. The first-order chi connectivity index (χ1) is 9.94. The topological polar surface area (TPSA) is 60.2 Å². The largest absolute Gasteiger partial charge is 0.496 e. The van der Waals surface area contributed by atoms with Gasteiger partial charge in [-0.3, -0.25) is 0 Å². The SMILES string of the molecule is COc1ccccc1Sc1cc(C(F)(F)F)cc(NN)n1. The fourth-order valence-electron chi connectivity index (χ4n) is 1.61. The van der Waals surface area contributed by atoms with E-state index in [0.717, 1.165) is 23.9 Å². The van der Waals surface area contributed by atoms with Crippen LogP contribution in [-0.4, -0.2) is 12.1 Å². The summed E-state index contributed by atoms with van der Waals surface area (Å²) in [5.74, 6) is 5.67. The summed E-state index contributed by atoms with van der Waals surface area (Å²) in [6, 6.07) is 8.82. The summed E-state index contributed by atoms with van der Waals surface area (Å²) in [7, 11) is 1.49. The van der Waals surface area contributed by atoms with Gasteiger partial charge in [0.25, 0.3) is 0 Å². The van der Waals surface area contributed by atoms with E-state index in [-0.39, 0.29) is 10.8 Å². The molecule has 0 aliphatic rings. The Morgan fingerprint density at radius 2 is 1.95 bits per heavy atom. The van der Waals surface area contributed by atoms with Gasteiger partial charge < -0.3 is 10.2 Å². The molecule has 4 nitrogen and oxygen atoms in total. The van der Waals surface area contributed by atoms with E-state index >= 15 is 0 Å². The number of hydrogen-bond acceptors (Lipinski definition) is 5. The number of rotatable bonds is 4. The minimum atomic E-state index is -4.47. The first-order valence-electron chi connectivity index (χ1n) is 5.81. The van der Waals surface area contributed by atoms with Crippen molar-refractivity contribution < 1.29 is 17.9 Å². The van der Waals surface area contributed by atoms with E-state index in [1.54, 1.807) is 24.3 Å². The predicted octanol–water partition coefficient (Wildman–Crippen LogP) is 3.55. The number of halogens is 3. The number of nitrogens with one attached hydrogen (secondary N) is 1. The zero-order valence-electron chi connectivity index (χ0n) is 10.9. The first kappa shape index (κ1) is 15.5. The Bertz CT molecular complexity index is 634. The van der Waals surface area contributed by atoms with Crippen LogP contribution in [0.25, 0.3) is 0 Å². The van der Waals surface area contributed by atoms with E-state index in [1.807, 2.05) is 0 Å². The molecular formula is C13H12F3N3OS. The van der Waals surface area contributed by atoms with Crippen LogP contribution in [0, 0.1) is 0 Å². The zero-order chi connectivity index (χ0) is 15.5. The Morgan fingerprint density at radius 3 is 2.57 bits per heavy atom. The molecule has 2 aromatic rings. The van der Waals surface area contributed by atoms with Crippen molar-refractivity contribution in [2.75, 3.05) is 12.5 Å². The van der Waals surface area contributed by atoms with Crippen LogP contribution < -0.4 is 16.0 Å². The van der Waals surface area contributed by atoms with E-state index in [9.17, 15) is 13.2 Å². The van der Waals surface area contributed by atoms with E-state index in [1.165, 1.54) is 7.11 Å². The normalized spacial score (nSPS) is 11.3. The number of aromatic nitrogens is 1. The van der Waals surface area contributed by atoms with Gasteiger partial charge in [0.1, 0.15) is 16.6 Å². The molecular weight excluding hydrogens is 303 g/mol. The molecule has 0 radical (unpaired) electrons. The summed E-state index contributed by atoms with van der Waals surface area (Å²) in [5, 5.41) is 0.169. The van der Waals surface area contributed by atoms with Crippen molar-refractivity contribution in [3.8, 4) is 5.75 Å².